The Morgan fingerprint density at radius 3 is 2.66 bits per heavy atom. The largest absolute Gasteiger partial charge is 0.352 e. The van der Waals surface area contributed by atoms with E-state index < -0.39 is 0 Å². The number of carbonyl (C=O) groups is 1. The van der Waals surface area contributed by atoms with Crippen molar-refractivity contribution in [1.29, 1.82) is 0 Å². The first-order valence-corrected chi connectivity index (χ1v) is 12.1. The summed E-state index contributed by atoms with van der Waals surface area (Å²) >= 11 is 1.35. The summed E-state index contributed by atoms with van der Waals surface area (Å²) < 4.78 is 3.35. The van der Waals surface area contributed by atoms with Gasteiger partial charge in [-0.25, -0.2) is 9.67 Å². The van der Waals surface area contributed by atoms with Crippen LogP contribution >= 0.6 is 11.3 Å². The number of nitrogens with zero attached hydrogens (tertiary/aromatic N) is 5. The van der Waals surface area contributed by atoms with Crippen molar-refractivity contribution in [3.05, 3.63) is 98.8 Å². The zero-order chi connectivity index (χ0) is 24.5. The van der Waals surface area contributed by atoms with Gasteiger partial charge in [-0.15, -0.1) is 11.3 Å². The van der Waals surface area contributed by atoms with Gasteiger partial charge in [0.1, 0.15) is 5.69 Å². The number of pyridine rings is 1. The average Bonchev–Trinajstić information content (AvgIpc) is 3.42. The smallest absolute Gasteiger partial charge is 0.268 e. The first kappa shape index (κ1) is 22.7. The number of aryl methyl sites for hydroxylation is 3. The monoisotopic (exact) mass is 484 g/mol. The molecule has 1 amide bonds. The lowest BCUT2D eigenvalue weighted by Gasteiger charge is -2.07. The van der Waals surface area contributed by atoms with Gasteiger partial charge in [0, 0.05) is 35.7 Å². The summed E-state index contributed by atoms with van der Waals surface area (Å²) in [5.41, 5.74) is 5.89. The molecule has 5 rings (SSSR count). The van der Waals surface area contributed by atoms with Gasteiger partial charge < -0.3 is 5.32 Å². The van der Waals surface area contributed by atoms with Crippen LogP contribution in [0.4, 0.5) is 0 Å². The zero-order valence-corrected chi connectivity index (χ0v) is 20.5. The van der Waals surface area contributed by atoms with Crippen molar-refractivity contribution in [3.63, 3.8) is 0 Å². The molecule has 0 spiro atoms. The zero-order valence-electron chi connectivity index (χ0n) is 19.6. The summed E-state index contributed by atoms with van der Waals surface area (Å²) in [6, 6.07) is 13.7. The van der Waals surface area contributed by atoms with Crippen LogP contribution in [0.1, 0.15) is 28.2 Å². The average molecular weight is 485 g/mol. The molecule has 4 aromatic heterocycles. The van der Waals surface area contributed by atoms with Gasteiger partial charge in [-0.1, -0.05) is 23.8 Å². The SMILES string of the molecule is Cc1ccc(-n2nc(-c3c(C)nc4scc(CC(=O)NCc5cccnc5)n4c3=O)cc2C)cc1. The van der Waals surface area contributed by atoms with E-state index >= 15 is 0 Å². The van der Waals surface area contributed by atoms with Gasteiger partial charge in [-0.3, -0.25) is 19.0 Å². The van der Waals surface area contributed by atoms with Crippen molar-refractivity contribution in [2.45, 2.75) is 33.7 Å². The fourth-order valence-corrected chi connectivity index (χ4v) is 4.92. The number of nitrogens with one attached hydrogen (secondary N) is 1. The van der Waals surface area contributed by atoms with Gasteiger partial charge in [-0.2, -0.15) is 5.10 Å². The fraction of sp³-hybridized carbons (Fsp3) is 0.192. The topological polar surface area (TPSA) is 94.2 Å². The molecular weight excluding hydrogens is 460 g/mol. The lowest BCUT2D eigenvalue weighted by Crippen LogP contribution is -2.27. The molecule has 9 heteroatoms. The Bertz CT molecular complexity index is 1580. The van der Waals surface area contributed by atoms with Crippen LogP contribution in [0.5, 0.6) is 0 Å². The predicted molar refractivity (Wildman–Crippen MR) is 136 cm³/mol. The van der Waals surface area contributed by atoms with Crippen molar-refractivity contribution >= 4 is 22.2 Å². The summed E-state index contributed by atoms with van der Waals surface area (Å²) in [5.74, 6) is -0.179. The number of thiazole rings is 1. The van der Waals surface area contributed by atoms with E-state index in [0.717, 1.165) is 22.5 Å². The van der Waals surface area contributed by atoms with Gasteiger partial charge in [0.15, 0.2) is 4.96 Å². The van der Waals surface area contributed by atoms with E-state index in [0.29, 0.717) is 34.2 Å². The van der Waals surface area contributed by atoms with Gasteiger partial charge in [0.05, 0.1) is 23.4 Å². The Morgan fingerprint density at radius 1 is 1.11 bits per heavy atom. The molecule has 0 saturated carbocycles. The molecule has 0 radical (unpaired) electrons. The molecule has 0 atom stereocenters. The van der Waals surface area contributed by atoms with Crippen LogP contribution in [0.25, 0.3) is 21.9 Å². The van der Waals surface area contributed by atoms with E-state index in [9.17, 15) is 9.59 Å². The summed E-state index contributed by atoms with van der Waals surface area (Å²) in [7, 11) is 0. The molecule has 0 aliphatic rings. The van der Waals surface area contributed by atoms with Crippen LogP contribution < -0.4 is 10.9 Å². The summed E-state index contributed by atoms with van der Waals surface area (Å²) in [4.78, 5) is 35.5. The molecule has 0 saturated heterocycles. The van der Waals surface area contributed by atoms with E-state index in [1.165, 1.54) is 15.7 Å². The number of hydrogen-bond acceptors (Lipinski definition) is 6. The molecule has 4 heterocycles. The fourth-order valence-electron chi connectivity index (χ4n) is 4.00. The molecule has 0 aliphatic carbocycles. The molecule has 0 aliphatic heterocycles. The van der Waals surface area contributed by atoms with E-state index in [1.807, 2.05) is 73.3 Å². The van der Waals surface area contributed by atoms with E-state index in [4.69, 9.17) is 5.10 Å². The van der Waals surface area contributed by atoms with Gasteiger partial charge in [0.25, 0.3) is 5.56 Å². The molecule has 0 bridgehead atoms. The van der Waals surface area contributed by atoms with Crippen molar-refractivity contribution in [2.75, 3.05) is 0 Å². The minimum absolute atomic E-state index is 0.0706. The van der Waals surface area contributed by atoms with E-state index in [2.05, 4.69) is 15.3 Å². The molecule has 1 N–H and O–H groups in total. The molecule has 0 fully saturated rings. The van der Waals surface area contributed by atoms with E-state index in [1.54, 1.807) is 12.4 Å². The molecule has 8 nitrogen and oxygen atoms in total. The van der Waals surface area contributed by atoms with Crippen LogP contribution in [0, 0.1) is 20.8 Å². The third-order valence-electron chi connectivity index (χ3n) is 5.80. The maximum Gasteiger partial charge on any atom is 0.268 e. The second-order valence-electron chi connectivity index (χ2n) is 8.46. The summed E-state index contributed by atoms with van der Waals surface area (Å²) in [5, 5.41) is 9.43. The van der Waals surface area contributed by atoms with Gasteiger partial charge in [-0.05, 0) is 50.6 Å². The Kier molecular flexibility index (Phi) is 6.00. The highest BCUT2D eigenvalue weighted by Crippen LogP contribution is 2.23. The molecule has 5 aromatic rings. The lowest BCUT2D eigenvalue weighted by atomic mass is 10.1. The second kappa shape index (κ2) is 9.27. The second-order valence-corrected chi connectivity index (χ2v) is 9.29. The normalized spacial score (nSPS) is 11.2. The summed E-state index contributed by atoms with van der Waals surface area (Å²) in [6.45, 7) is 6.19. The number of aromatic nitrogens is 5. The number of carbonyl (C=O) groups excluding carboxylic acids is 1. The maximum atomic E-state index is 13.6. The first-order valence-electron chi connectivity index (χ1n) is 11.2. The molecule has 35 heavy (non-hydrogen) atoms. The van der Waals surface area contributed by atoms with Crippen molar-refractivity contribution in [3.8, 4) is 16.9 Å². The highest BCUT2D eigenvalue weighted by atomic mass is 32.1. The highest BCUT2D eigenvalue weighted by molar-refractivity contribution is 7.15. The van der Waals surface area contributed by atoms with Crippen molar-refractivity contribution in [1.82, 2.24) is 29.5 Å². The van der Waals surface area contributed by atoms with Crippen LogP contribution in [0.3, 0.4) is 0 Å². The Balaban J connectivity index is 1.47. The Morgan fingerprint density at radius 2 is 1.91 bits per heavy atom. The van der Waals surface area contributed by atoms with Crippen LogP contribution in [0.2, 0.25) is 0 Å². The van der Waals surface area contributed by atoms with Crippen molar-refractivity contribution < 1.29 is 4.79 Å². The molecule has 176 valence electrons. The first-order chi connectivity index (χ1) is 16.9. The summed E-state index contributed by atoms with van der Waals surface area (Å²) in [6.07, 6.45) is 3.47. The van der Waals surface area contributed by atoms with Crippen LogP contribution in [0.15, 0.2) is 65.0 Å². The van der Waals surface area contributed by atoms with Crippen LogP contribution in [-0.2, 0) is 17.8 Å². The Hall–Kier alpha value is -4.11. The quantitative estimate of drug-likeness (QED) is 0.396. The predicted octanol–water partition coefficient (Wildman–Crippen LogP) is 3.79. The van der Waals surface area contributed by atoms with E-state index in [-0.39, 0.29) is 17.9 Å². The molecular formula is C26H24N6O2S. The van der Waals surface area contributed by atoms with Crippen LogP contribution in [-0.4, -0.2) is 30.1 Å². The number of rotatable bonds is 6. The standard InChI is InChI=1S/C26H24N6O2S/c1-16-6-8-20(9-7-16)32-17(2)11-22(30-32)24-18(3)29-26-31(25(24)34)21(15-35-26)12-23(33)28-14-19-5-4-10-27-13-19/h4-11,13,15H,12,14H2,1-3H3,(H,28,33). The highest BCUT2D eigenvalue weighted by Gasteiger charge is 2.20. The van der Waals surface area contributed by atoms with Gasteiger partial charge in [0.2, 0.25) is 5.91 Å². The minimum atomic E-state index is -0.225. The number of amides is 1. The Labute approximate surface area is 205 Å². The number of hydrogen-bond donors (Lipinski definition) is 1. The minimum Gasteiger partial charge on any atom is -0.352 e. The maximum absolute atomic E-state index is 13.6. The van der Waals surface area contributed by atoms with Crippen molar-refractivity contribution in [2.24, 2.45) is 0 Å². The third kappa shape index (κ3) is 4.50. The number of fused-ring (bicyclic) bond motifs is 1. The molecule has 1 aromatic carbocycles. The van der Waals surface area contributed by atoms with Gasteiger partial charge >= 0.3 is 0 Å². The molecule has 0 unspecified atom stereocenters. The lowest BCUT2D eigenvalue weighted by molar-refractivity contribution is -0.120. The number of benzene rings is 1. The third-order valence-corrected chi connectivity index (χ3v) is 6.67.